The minimum atomic E-state index is -0.0853. The number of hydrogen-bond donors (Lipinski definition) is 1. The molecule has 0 spiro atoms. The van der Waals surface area contributed by atoms with Crippen molar-refractivity contribution in [3.8, 4) is 11.5 Å². The summed E-state index contributed by atoms with van der Waals surface area (Å²) in [5, 5.41) is 3.00. The third-order valence-electron chi connectivity index (χ3n) is 4.42. The second-order valence-corrected chi connectivity index (χ2v) is 7.14. The largest absolute Gasteiger partial charge is 0.493 e. The molecule has 1 saturated heterocycles. The van der Waals surface area contributed by atoms with Crippen molar-refractivity contribution in [2.24, 2.45) is 0 Å². The van der Waals surface area contributed by atoms with Crippen LogP contribution in [0.15, 0.2) is 16.6 Å². The maximum atomic E-state index is 12.4. The van der Waals surface area contributed by atoms with Crippen LogP contribution < -0.4 is 14.8 Å². The van der Waals surface area contributed by atoms with Gasteiger partial charge in [-0.3, -0.25) is 4.79 Å². The fourth-order valence-electron chi connectivity index (χ4n) is 3.10. The number of nitrogens with one attached hydrogen (secondary N) is 1. The van der Waals surface area contributed by atoms with Crippen LogP contribution in [0.25, 0.3) is 0 Å². The summed E-state index contributed by atoms with van der Waals surface area (Å²) in [6, 6.07) is 3.50. The van der Waals surface area contributed by atoms with Gasteiger partial charge in [-0.15, -0.1) is 0 Å². The van der Waals surface area contributed by atoms with Crippen molar-refractivity contribution in [3.63, 3.8) is 0 Å². The Morgan fingerprint density at radius 3 is 2.60 bits per heavy atom. The van der Waals surface area contributed by atoms with E-state index >= 15 is 0 Å². The van der Waals surface area contributed by atoms with Crippen LogP contribution in [0.3, 0.4) is 0 Å². The number of amides is 1. The summed E-state index contributed by atoms with van der Waals surface area (Å²) in [4.78, 5) is 14.9. The minimum Gasteiger partial charge on any atom is -0.493 e. The van der Waals surface area contributed by atoms with E-state index in [4.69, 9.17) is 9.47 Å². The Hall–Kier alpha value is -1.27. The van der Waals surface area contributed by atoms with Crippen molar-refractivity contribution in [2.75, 3.05) is 39.9 Å². The van der Waals surface area contributed by atoms with Gasteiger partial charge in [0.05, 0.1) is 18.2 Å². The predicted molar refractivity (Wildman–Crippen MR) is 104 cm³/mol. The zero-order valence-electron chi connectivity index (χ0n) is 15.3. The summed E-state index contributed by atoms with van der Waals surface area (Å²) in [7, 11) is 1.58. The molecule has 0 bridgehead atoms. The summed E-state index contributed by atoms with van der Waals surface area (Å²) in [5.74, 6) is 1.10. The molecule has 0 unspecified atom stereocenters. The SMILES string of the molecule is CCOc1c(Br)cc(C(=O)NCCCN2CCCCCC2)cc1OC. The highest BCUT2D eigenvalue weighted by Gasteiger charge is 2.15. The van der Waals surface area contributed by atoms with Crippen LogP contribution in [0.1, 0.15) is 49.4 Å². The van der Waals surface area contributed by atoms with Crippen molar-refractivity contribution in [1.82, 2.24) is 10.2 Å². The van der Waals surface area contributed by atoms with Crippen molar-refractivity contribution >= 4 is 21.8 Å². The predicted octanol–water partition coefficient (Wildman–Crippen LogP) is 3.85. The van der Waals surface area contributed by atoms with E-state index in [2.05, 4.69) is 26.1 Å². The molecule has 1 amide bonds. The van der Waals surface area contributed by atoms with E-state index in [1.807, 2.05) is 6.92 Å². The topological polar surface area (TPSA) is 50.8 Å². The second kappa shape index (κ2) is 10.7. The summed E-state index contributed by atoms with van der Waals surface area (Å²) in [5.41, 5.74) is 0.571. The summed E-state index contributed by atoms with van der Waals surface area (Å²) >= 11 is 3.46. The van der Waals surface area contributed by atoms with Crippen molar-refractivity contribution in [3.05, 3.63) is 22.2 Å². The van der Waals surface area contributed by atoms with Crippen LogP contribution in [-0.2, 0) is 0 Å². The van der Waals surface area contributed by atoms with Gasteiger partial charge in [0, 0.05) is 12.1 Å². The molecule has 25 heavy (non-hydrogen) atoms. The van der Waals surface area contributed by atoms with Gasteiger partial charge in [-0.1, -0.05) is 12.8 Å². The van der Waals surface area contributed by atoms with Gasteiger partial charge in [-0.25, -0.2) is 0 Å². The molecule has 1 fully saturated rings. The van der Waals surface area contributed by atoms with Crippen LogP contribution in [-0.4, -0.2) is 50.7 Å². The van der Waals surface area contributed by atoms with Gasteiger partial charge in [0.25, 0.3) is 5.91 Å². The maximum Gasteiger partial charge on any atom is 0.251 e. The smallest absolute Gasteiger partial charge is 0.251 e. The highest BCUT2D eigenvalue weighted by atomic mass is 79.9. The number of ether oxygens (including phenoxy) is 2. The van der Waals surface area contributed by atoms with Crippen LogP contribution in [0, 0.1) is 0 Å². The summed E-state index contributed by atoms with van der Waals surface area (Å²) < 4.78 is 11.6. The average molecular weight is 413 g/mol. The van der Waals surface area contributed by atoms with Gasteiger partial charge < -0.3 is 19.7 Å². The molecule has 1 heterocycles. The molecular formula is C19H29BrN2O3. The first-order chi connectivity index (χ1) is 12.2. The highest BCUT2D eigenvalue weighted by Crippen LogP contribution is 2.36. The first kappa shape index (κ1) is 20.0. The van der Waals surface area contributed by atoms with E-state index in [0.717, 1.165) is 17.4 Å². The molecule has 140 valence electrons. The zero-order valence-corrected chi connectivity index (χ0v) is 16.9. The van der Waals surface area contributed by atoms with Gasteiger partial charge in [-0.2, -0.15) is 0 Å². The number of benzene rings is 1. The number of halogens is 1. The fraction of sp³-hybridized carbons (Fsp3) is 0.632. The minimum absolute atomic E-state index is 0.0853. The first-order valence-corrected chi connectivity index (χ1v) is 9.96. The lowest BCUT2D eigenvalue weighted by atomic mass is 10.2. The molecule has 1 N–H and O–H groups in total. The molecule has 0 radical (unpaired) electrons. The quantitative estimate of drug-likeness (QED) is 0.658. The van der Waals surface area contributed by atoms with Crippen molar-refractivity contribution in [2.45, 2.75) is 39.0 Å². The number of methoxy groups -OCH3 is 1. The van der Waals surface area contributed by atoms with Gasteiger partial charge in [-0.05, 0) is 73.9 Å². The summed E-state index contributed by atoms with van der Waals surface area (Å²) in [6.07, 6.45) is 6.27. The second-order valence-electron chi connectivity index (χ2n) is 6.29. The molecule has 1 aliphatic rings. The van der Waals surface area contributed by atoms with Gasteiger partial charge >= 0.3 is 0 Å². The molecule has 2 rings (SSSR count). The third-order valence-corrected chi connectivity index (χ3v) is 5.00. The molecule has 0 saturated carbocycles. The standard InChI is InChI=1S/C19H29BrN2O3/c1-3-25-18-16(20)13-15(14-17(18)24-2)19(23)21-9-8-12-22-10-6-4-5-7-11-22/h13-14H,3-12H2,1-2H3,(H,21,23). The normalized spacial score (nSPS) is 15.5. The van der Waals surface area contributed by atoms with Crippen LogP contribution >= 0.6 is 15.9 Å². The Labute approximate surface area is 159 Å². The van der Waals surface area contributed by atoms with E-state index in [9.17, 15) is 4.79 Å². The average Bonchev–Trinajstić information content (AvgIpc) is 2.89. The Kier molecular flexibility index (Phi) is 8.55. The maximum absolute atomic E-state index is 12.4. The Morgan fingerprint density at radius 2 is 1.96 bits per heavy atom. The Bertz CT molecular complexity index is 558. The van der Waals surface area contributed by atoms with E-state index in [1.54, 1.807) is 19.2 Å². The number of rotatable bonds is 8. The fourth-order valence-corrected chi connectivity index (χ4v) is 3.66. The highest BCUT2D eigenvalue weighted by molar-refractivity contribution is 9.10. The van der Waals surface area contributed by atoms with Crippen LogP contribution in [0.5, 0.6) is 11.5 Å². The Morgan fingerprint density at radius 1 is 1.24 bits per heavy atom. The van der Waals surface area contributed by atoms with E-state index in [-0.39, 0.29) is 5.91 Å². The van der Waals surface area contributed by atoms with Crippen molar-refractivity contribution in [1.29, 1.82) is 0 Å². The first-order valence-electron chi connectivity index (χ1n) is 9.16. The Balaban J connectivity index is 1.84. The molecule has 0 atom stereocenters. The lowest BCUT2D eigenvalue weighted by Crippen LogP contribution is -2.30. The summed E-state index contributed by atoms with van der Waals surface area (Å²) in [6.45, 7) is 6.57. The number of hydrogen-bond acceptors (Lipinski definition) is 4. The molecule has 1 aromatic carbocycles. The molecular weight excluding hydrogens is 384 g/mol. The molecule has 1 aliphatic heterocycles. The lowest BCUT2D eigenvalue weighted by molar-refractivity contribution is 0.0951. The monoisotopic (exact) mass is 412 g/mol. The zero-order chi connectivity index (χ0) is 18.1. The van der Waals surface area contributed by atoms with E-state index < -0.39 is 0 Å². The van der Waals surface area contributed by atoms with Crippen molar-refractivity contribution < 1.29 is 14.3 Å². The van der Waals surface area contributed by atoms with Gasteiger partial charge in [0.2, 0.25) is 0 Å². The van der Waals surface area contributed by atoms with E-state index in [1.165, 1.54) is 38.8 Å². The number of nitrogens with zero attached hydrogens (tertiary/aromatic N) is 1. The molecule has 0 aromatic heterocycles. The van der Waals surface area contributed by atoms with Crippen LogP contribution in [0.2, 0.25) is 0 Å². The number of carbonyl (C=O) groups excluding carboxylic acids is 1. The van der Waals surface area contributed by atoms with Gasteiger partial charge in [0.1, 0.15) is 0 Å². The number of likely N-dealkylation sites (tertiary alicyclic amines) is 1. The third kappa shape index (κ3) is 6.19. The van der Waals surface area contributed by atoms with E-state index in [0.29, 0.717) is 30.2 Å². The van der Waals surface area contributed by atoms with Gasteiger partial charge in [0.15, 0.2) is 11.5 Å². The molecule has 0 aliphatic carbocycles. The molecule has 1 aromatic rings. The molecule has 6 heteroatoms. The lowest BCUT2D eigenvalue weighted by Gasteiger charge is -2.19. The molecule has 5 nitrogen and oxygen atoms in total. The van der Waals surface area contributed by atoms with Crippen LogP contribution in [0.4, 0.5) is 0 Å². The number of carbonyl (C=O) groups is 1.